The van der Waals surface area contributed by atoms with E-state index in [0.717, 1.165) is 44.9 Å². The molecule has 0 heterocycles. The van der Waals surface area contributed by atoms with Crippen LogP contribution in [0, 0.1) is 0 Å². The first-order valence-corrected chi connectivity index (χ1v) is 35.5. The molecule has 0 aliphatic carbocycles. The van der Waals surface area contributed by atoms with Gasteiger partial charge in [-0.3, -0.25) is 9.36 Å². The van der Waals surface area contributed by atoms with Gasteiger partial charge >= 0.3 is 0 Å². The van der Waals surface area contributed by atoms with Crippen molar-refractivity contribution in [3.05, 3.63) is 48.6 Å². The van der Waals surface area contributed by atoms with Crippen molar-refractivity contribution in [2.75, 3.05) is 40.9 Å². The molecule has 0 aromatic carbocycles. The van der Waals surface area contributed by atoms with E-state index in [0.29, 0.717) is 17.4 Å². The van der Waals surface area contributed by atoms with Crippen molar-refractivity contribution in [3.8, 4) is 0 Å². The molecule has 1 amide bonds. The standard InChI is InChI=1S/C69H133N2O6P/c1-6-8-10-12-14-16-18-20-22-24-26-28-30-31-32-33-34-35-36-37-38-39-41-43-45-47-49-51-53-55-57-59-61-63-69(73)70-67(66-77-78(74,75)76-65-64-71(3,4)5)68(72)62-60-58-56-54-52-50-48-46-44-42-40-29-27-25-23-21-19-17-15-13-11-9-7-2/h31-32,44,46,52,54,60,62,67-68,72H,6-30,33-43,45,47-51,53,55-59,61,63-66H2,1-5H3,(H-,70,73,74,75)/b32-31-,46-44+,54-52+,62-60+. The second-order valence-corrected chi connectivity index (χ2v) is 25.9. The summed E-state index contributed by atoms with van der Waals surface area (Å²) in [6.07, 6.45) is 80.9. The predicted molar refractivity (Wildman–Crippen MR) is 339 cm³/mol. The average Bonchev–Trinajstić information content (AvgIpc) is 3.41. The zero-order valence-corrected chi connectivity index (χ0v) is 53.5. The van der Waals surface area contributed by atoms with E-state index in [-0.39, 0.29) is 12.5 Å². The molecule has 8 nitrogen and oxygen atoms in total. The summed E-state index contributed by atoms with van der Waals surface area (Å²) < 4.78 is 23.4. The molecule has 0 radical (unpaired) electrons. The molecule has 0 bridgehead atoms. The third-order valence-corrected chi connectivity index (χ3v) is 16.5. The maximum Gasteiger partial charge on any atom is 0.268 e. The largest absolute Gasteiger partial charge is 0.756 e. The minimum absolute atomic E-state index is 0.00837. The van der Waals surface area contributed by atoms with Crippen molar-refractivity contribution < 1.29 is 32.9 Å². The lowest BCUT2D eigenvalue weighted by molar-refractivity contribution is -0.870. The van der Waals surface area contributed by atoms with Crippen molar-refractivity contribution in [1.82, 2.24) is 5.32 Å². The molecule has 2 N–H and O–H groups in total. The molecule has 3 unspecified atom stereocenters. The fourth-order valence-electron chi connectivity index (χ4n) is 10.2. The number of nitrogens with one attached hydrogen (secondary N) is 1. The number of likely N-dealkylation sites (N-methyl/N-ethyl adjacent to an activating group) is 1. The zero-order chi connectivity index (χ0) is 57.0. The van der Waals surface area contributed by atoms with Crippen LogP contribution in [-0.4, -0.2) is 68.5 Å². The first-order valence-electron chi connectivity index (χ1n) is 34.0. The van der Waals surface area contributed by atoms with Crippen molar-refractivity contribution in [3.63, 3.8) is 0 Å². The summed E-state index contributed by atoms with van der Waals surface area (Å²) in [4.78, 5) is 25.6. The first-order chi connectivity index (χ1) is 38.0. The van der Waals surface area contributed by atoms with E-state index in [4.69, 9.17) is 9.05 Å². The molecule has 460 valence electrons. The number of aliphatic hydroxyl groups is 1. The summed E-state index contributed by atoms with van der Waals surface area (Å²) in [6, 6.07) is -0.911. The van der Waals surface area contributed by atoms with Crippen LogP contribution in [-0.2, 0) is 18.4 Å². The fourth-order valence-corrected chi connectivity index (χ4v) is 10.9. The Bertz CT molecular complexity index is 1410. The second-order valence-electron chi connectivity index (χ2n) is 24.5. The number of allylic oxidation sites excluding steroid dienone is 7. The highest BCUT2D eigenvalue weighted by molar-refractivity contribution is 7.45. The van der Waals surface area contributed by atoms with Crippen molar-refractivity contribution in [2.24, 2.45) is 0 Å². The smallest absolute Gasteiger partial charge is 0.268 e. The highest BCUT2D eigenvalue weighted by atomic mass is 31.2. The van der Waals surface area contributed by atoms with Crippen LogP contribution >= 0.6 is 7.82 Å². The molecule has 0 rings (SSSR count). The quantitative estimate of drug-likeness (QED) is 0.0272. The van der Waals surface area contributed by atoms with Gasteiger partial charge in [0.25, 0.3) is 7.82 Å². The number of quaternary nitrogens is 1. The monoisotopic (exact) mass is 1120 g/mol. The Morgan fingerprint density at radius 2 is 0.718 bits per heavy atom. The SMILES string of the molecule is CCCCCCCCCCCCCC/C=C\CCCCCCCCCCCCCCCCCCCC(=O)NC(COP(=O)([O-])OCC[N+](C)(C)C)C(O)/C=C/CC/C=C/CC/C=C/CCCCCCCCCCCCCCC. The van der Waals surface area contributed by atoms with Crippen LogP contribution in [0.3, 0.4) is 0 Å². The second kappa shape index (κ2) is 60.1. The van der Waals surface area contributed by atoms with Gasteiger partial charge in [0, 0.05) is 6.42 Å². The number of hydrogen-bond acceptors (Lipinski definition) is 6. The van der Waals surface area contributed by atoms with Gasteiger partial charge in [0.1, 0.15) is 13.2 Å². The molecule has 0 saturated carbocycles. The van der Waals surface area contributed by atoms with Gasteiger partial charge in [0.15, 0.2) is 0 Å². The molecule has 0 aliphatic heterocycles. The first kappa shape index (κ1) is 76.5. The Balaban J connectivity index is 4.09. The lowest BCUT2D eigenvalue weighted by atomic mass is 10.0. The highest BCUT2D eigenvalue weighted by Gasteiger charge is 2.23. The minimum atomic E-state index is -4.61. The molecule has 0 aromatic heterocycles. The summed E-state index contributed by atoms with van der Waals surface area (Å²) in [5.41, 5.74) is 0. The Morgan fingerprint density at radius 1 is 0.436 bits per heavy atom. The number of hydrogen-bond donors (Lipinski definition) is 2. The number of unbranched alkanes of at least 4 members (excludes halogenated alkanes) is 44. The number of carbonyl (C=O) groups is 1. The Labute approximate surface area is 486 Å². The average molecular weight is 1120 g/mol. The van der Waals surface area contributed by atoms with Crippen molar-refractivity contribution in [2.45, 2.75) is 347 Å². The van der Waals surface area contributed by atoms with Crippen LogP contribution < -0.4 is 10.2 Å². The van der Waals surface area contributed by atoms with E-state index < -0.39 is 26.6 Å². The lowest BCUT2D eigenvalue weighted by Gasteiger charge is -2.29. The number of phosphoric acid groups is 1. The van der Waals surface area contributed by atoms with E-state index in [1.165, 1.54) is 270 Å². The molecule has 78 heavy (non-hydrogen) atoms. The van der Waals surface area contributed by atoms with Crippen LogP contribution in [0.2, 0.25) is 0 Å². The molecule has 0 saturated heterocycles. The molecular formula is C69H133N2O6P. The number of aliphatic hydroxyl groups excluding tert-OH is 1. The summed E-state index contributed by atoms with van der Waals surface area (Å²) in [5, 5.41) is 13.9. The Morgan fingerprint density at radius 3 is 1.04 bits per heavy atom. The summed E-state index contributed by atoms with van der Waals surface area (Å²) in [7, 11) is 1.25. The number of carbonyl (C=O) groups excluding carboxylic acids is 1. The van der Waals surface area contributed by atoms with Gasteiger partial charge in [-0.1, -0.05) is 306 Å². The number of rotatable bonds is 63. The number of amides is 1. The maximum atomic E-state index is 13.0. The Hall–Kier alpha value is -1.54. The summed E-state index contributed by atoms with van der Waals surface area (Å²) in [5.74, 6) is -0.206. The third kappa shape index (κ3) is 62.1. The van der Waals surface area contributed by atoms with E-state index in [2.05, 4.69) is 55.6 Å². The lowest BCUT2D eigenvalue weighted by Crippen LogP contribution is -2.45. The van der Waals surface area contributed by atoms with Gasteiger partial charge in [-0.25, -0.2) is 0 Å². The van der Waals surface area contributed by atoms with Crippen LogP contribution in [0.25, 0.3) is 0 Å². The molecule has 0 aliphatic rings. The van der Waals surface area contributed by atoms with E-state index >= 15 is 0 Å². The third-order valence-electron chi connectivity index (χ3n) is 15.5. The fraction of sp³-hybridized carbons (Fsp3) is 0.870. The zero-order valence-electron chi connectivity index (χ0n) is 52.6. The normalized spacial score (nSPS) is 14.0. The molecule has 0 fully saturated rings. The van der Waals surface area contributed by atoms with Crippen molar-refractivity contribution in [1.29, 1.82) is 0 Å². The molecule has 3 atom stereocenters. The van der Waals surface area contributed by atoms with Gasteiger partial charge < -0.3 is 28.8 Å². The molecule has 0 aromatic rings. The number of phosphoric ester groups is 1. The predicted octanol–water partition coefficient (Wildman–Crippen LogP) is 20.8. The molecule has 9 heteroatoms. The topological polar surface area (TPSA) is 108 Å². The van der Waals surface area contributed by atoms with E-state index in [9.17, 15) is 19.4 Å². The number of nitrogens with zero attached hydrogens (tertiary/aromatic N) is 1. The van der Waals surface area contributed by atoms with Crippen LogP contribution in [0.4, 0.5) is 0 Å². The van der Waals surface area contributed by atoms with Crippen molar-refractivity contribution >= 4 is 13.7 Å². The summed E-state index contributed by atoms with van der Waals surface area (Å²) >= 11 is 0. The van der Waals surface area contributed by atoms with Crippen LogP contribution in [0.15, 0.2) is 48.6 Å². The minimum Gasteiger partial charge on any atom is -0.756 e. The summed E-state index contributed by atoms with van der Waals surface area (Å²) in [6.45, 7) is 4.67. The van der Waals surface area contributed by atoms with Gasteiger partial charge in [-0.2, -0.15) is 0 Å². The van der Waals surface area contributed by atoms with Crippen LogP contribution in [0.1, 0.15) is 335 Å². The van der Waals surface area contributed by atoms with Crippen LogP contribution in [0.5, 0.6) is 0 Å². The maximum absolute atomic E-state index is 13.0. The molecular weight excluding hydrogens is 984 g/mol. The van der Waals surface area contributed by atoms with Gasteiger partial charge in [0.2, 0.25) is 5.91 Å². The Kier molecular flexibility index (Phi) is 58.9. The van der Waals surface area contributed by atoms with Gasteiger partial charge in [-0.05, 0) is 70.6 Å². The highest BCUT2D eigenvalue weighted by Crippen LogP contribution is 2.38. The van der Waals surface area contributed by atoms with E-state index in [1.54, 1.807) is 6.08 Å². The van der Waals surface area contributed by atoms with Gasteiger partial charge in [-0.15, -0.1) is 0 Å². The van der Waals surface area contributed by atoms with Gasteiger partial charge in [0.05, 0.1) is 39.9 Å². The molecule has 0 spiro atoms. The van der Waals surface area contributed by atoms with E-state index in [1.807, 2.05) is 27.2 Å².